The maximum atomic E-state index is 11.8. The Kier molecular flexibility index (Phi) is 8.90. The lowest BCUT2D eigenvalue weighted by Gasteiger charge is -2.07. The van der Waals surface area contributed by atoms with E-state index in [0.717, 1.165) is 6.42 Å². The Balaban J connectivity index is 2.13. The van der Waals surface area contributed by atoms with E-state index < -0.39 is 0 Å². The number of nitrogens with zero attached hydrogens (tertiary/aromatic N) is 1. The summed E-state index contributed by atoms with van der Waals surface area (Å²) in [4.78, 5) is 11.8. The molecule has 21 heavy (non-hydrogen) atoms. The lowest BCUT2D eigenvalue weighted by Crippen LogP contribution is -2.15. The van der Waals surface area contributed by atoms with Crippen molar-refractivity contribution in [3.8, 4) is 6.07 Å². The van der Waals surface area contributed by atoms with Crippen molar-refractivity contribution in [2.45, 2.75) is 45.4 Å². The minimum Gasteiger partial charge on any atom is -0.381 e. The first-order chi connectivity index (χ1) is 10.3. The minimum absolute atomic E-state index is 0.122. The molecule has 114 valence electrons. The topological polar surface area (TPSA) is 62.1 Å². The Morgan fingerprint density at radius 3 is 2.71 bits per heavy atom. The van der Waals surface area contributed by atoms with Crippen molar-refractivity contribution < 1.29 is 9.53 Å². The fraction of sp³-hybridized carbons (Fsp3) is 0.529. The third kappa shape index (κ3) is 7.48. The summed E-state index contributed by atoms with van der Waals surface area (Å²) in [6.07, 6.45) is 6.33. The second-order valence-electron chi connectivity index (χ2n) is 4.98. The number of nitrogens with one attached hydrogen (secondary N) is 1. The van der Waals surface area contributed by atoms with Crippen LogP contribution >= 0.6 is 0 Å². The molecule has 4 heteroatoms. The summed E-state index contributed by atoms with van der Waals surface area (Å²) in [5.74, 6) is -0.122. The summed E-state index contributed by atoms with van der Waals surface area (Å²) in [6.45, 7) is 3.33. The highest BCUT2D eigenvalue weighted by molar-refractivity contribution is 5.92. The first kappa shape index (κ1) is 17.2. The van der Waals surface area contributed by atoms with Crippen molar-refractivity contribution in [1.82, 2.24) is 0 Å². The molecule has 0 atom stereocenters. The summed E-state index contributed by atoms with van der Waals surface area (Å²) in [5.41, 5.74) is 1.03. The van der Waals surface area contributed by atoms with Gasteiger partial charge in [0, 0.05) is 6.61 Å². The Morgan fingerprint density at radius 2 is 1.95 bits per heavy atom. The summed E-state index contributed by atoms with van der Waals surface area (Å²) in [5, 5.41) is 11.7. The van der Waals surface area contributed by atoms with Gasteiger partial charge < -0.3 is 10.1 Å². The molecule has 4 nitrogen and oxygen atoms in total. The van der Waals surface area contributed by atoms with Gasteiger partial charge in [-0.25, -0.2) is 0 Å². The third-order valence-corrected chi connectivity index (χ3v) is 3.19. The second-order valence-corrected chi connectivity index (χ2v) is 4.98. The maximum Gasteiger partial charge on any atom is 0.226 e. The Labute approximate surface area is 127 Å². The van der Waals surface area contributed by atoms with Gasteiger partial charge in [-0.05, 0) is 18.6 Å². The van der Waals surface area contributed by atoms with Gasteiger partial charge in [-0.15, -0.1) is 0 Å². The molecule has 0 aliphatic heterocycles. The van der Waals surface area contributed by atoms with E-state index in [9.17, 15) is 4.79 Å². The number of unbranched alkanes of at least 4 members (excludes halogenated alkanes) is 4. The van der Waals surface area contributed by atoms with Gasteiger partial charge in [-0.2, -0.15) is 5.26 Å². The molecule has 0 heterocycles. The SMILES string of the molecule is CCCCCCCOCCC(=O)Nc1ccccc1C#N. The number of hydrogen-bond acceptors (Lipinski definition) is 3. The molecule has 0 saturated heterocycles. The van der Waals surface area contributed by atoms with Crippen LogP contribution in [0, 0.1) is 11.3 Å². The molecule has 0 saturated carbocycles. The summed E-state index contributed by atoms with van der Waals surface area (Å²) in [6, 6.07) is 9.03. The highest BCUT2D eigenvalue weighted by atomic mass is 16.5. The van der Waals surface area contributed by atoms with Crippen LogP contribution in [0.5, 0.6) is 0 Å². The number of anilines is 1. The number of ether oxygens (including phenoxy) is 1. The summed E-state index contributed by atoms with van der Waals surface area (Å²) < 4.78 is 5.45. The van der Waals surface area contributed by atoms with Gasteiger partial charge in [0.1, 0.15) is 6.07 Å². The molecular formula is C17H24N2O2. The quantitative estimate of drug-likeness (QED) is 0.665. The standard InChI is InChI=1S/C17H24N2O2/c1-2-3-4-5-8-12-21-13-11-17(20)19-16-10-7-6-9-15(16)14-18/h6-7,9-10H,2-5,8,11-13H2,1H3,(H,19,20). The van der Waals surface area contributed by atoms with Gasteiger partial charge in [0.05, 0.1) is 24.3 Å². The van der Waals surface area contributed by atoms with E-state index in [1.807, 2.05) is 0 Å². The van der Waals surface area contributed by atoms with Crippen molar-refractivity contribution in [3.05, 3.63) is 29.8 Å². The van der Waals surface area contributed by atoms with Crippen LogP contribution in [-0.2, 0) is 9.53 Å². The number of rotatable bonds is 10. The fourth-order valence-electron chi connectivity index (χ4n) is 1.98. The molecule has 0 unspecified atom stereocenters. The van der Waals surface area contributed by atoms with Crippen molar-refractivity contribution in [2.75, 3.05) is 18.5 Å². The predicted molar refractivity (Wildman–Crippen MR) is 84.0 cm³/mol. The van der Waals surface area contributed by atoms with Crippen molar-refractivity contribution in [1.29, 1.82) is 5.26 Å². The zero-order valence-electron chi connectivity index (χ0n) is 12.7. The van der Waals surface area contributed by atoms with E-state index in [4.69, 9.17) is 10.00 Å². The smallest absolute Gasteiger partial charge is 0.226 e. The average Bonchev–Trinajstić information content (AvgIpc) is 2.50. The van der Waals surface area contributed by atoms with Gasteiger partial charge in [-0.3, -0.25) is 4.79 Å². The highest BCUT2D eigenvalue weighted by Crippen LogP contribution is 2.13. The van der Waals surface area contributed by atoms with Crippen LogP contribution in [0.15, 0.2) is 24.3 Å². The average molecular weight is 288 g/mol. The molecule has 0 radical (unpaired) electrons. The summed E-state index contributed by atoms with van der Waals surface area (Å²) in [7, 11) is 0. The largest absolute Gasteiger partial charge is 0.381 e. The van der Waals surface area contributed by atoms with E-state index in [0.29, 0.717) is 30.9 Å². The number of para-hydroxylation sites is 1. The number of carbonyl (C=O) groups is 1. The molecule has 1 aromatic rings. The van der Waals surface area contributed by atoms with Crippen molar-refractivity contribution in [3.63, 3.8) is 0 Å². The van der Waals surface area contributed by atoms with Crippen LogP contribution in [0.1, 0.15) is 51.0 Å². The van der Waals surface area contributed by atoms with Crippen LogP contribution < -0.4 is 5.32 Å². The Hall–Kier alpha value is -1.86. The van der Waals surface area contributed by atoms with Crippen LogP contribution in [0.2, 0.25) is 0 Å². The van der Waals surface area contributed by atoms with E-state index in [-0.39, 0.29) is 5.91 Å². The first-order valence-corrected chi connectivity index (χ1v) is 7.64. The zero-order valence-corrected chi connectivity index (χ0v) is 12.7. The molecule has 1 rings (SSSR count). The molecule has 0 aliphatic rings. The van der Waals surface area contributed by atoms with Crippen LogP contribution in [0.4, 0.5) is 5.69 Å². The third-order valence-electron chi connectivity index (χ3n) is 3.19. The lowest BCUT2D eigenvalue weighted by molar-refractivity contribution is -0.117. The predicted octanol–water partition coefficient (Wildman–Crippen LogP) is 3.87. The van der Waals surface area contributed by atoms with Gasteiger partial charge in [0.15, 0.2) is 0 Å². The van der Waals surface area contributed by atoms with Crippen molar-refractivity contribution >= 4 is 11.6 Å². The molecular weight excluding hydrogens is 264 g/mol. The van der Waals surface area contributed by atoms with E-state index >= 15 is 0 Å². The lowest BCUT2D eigenvalue weighted by atomic mass is 10.2. The fourth-order valence-corrected chi connectivity index (χ4v) is 1.98. The van der Waals surface area contributed by atoms with E-state index in [1.165, 1.54) is 25.7 Å². The van der Waals surface area contributed by atoms with Crippen LogP contribution in [0.25, 0.3) is 0 Å². The van der Waals surface area contributed by atoms with E-state index in [1.54, 1.807) is 24.3 Å². The Bertz CT molecular complexity index is 466. The normalized spacial score (nSPS) is 10.1. The number of amides is 1. The first-order valence-electron chi connectivity index (χ1n) is 7.64. The Morgan fingerprint density at radius 1 is 1.19 bits per heavy atom. The number of benzene rings is 1. The number of nitriles is 1. The molecule has 1 aromatic carbocycles. The van der Waals surface area contributed by atoms with Gasteiger partial charge in [0.25, 0.3) is 0 Å². The minimum atomic E-state index is -0.122. The molecule has 1 N–H and O–H groups in total. The number of hydrogen-bond donors (Lipinski definition) is 1. The highest BCUT2D eigenvalue weighted by Gasteiger charge is 2.05. The van der Waals surface area contributed by atoms with Gasteiger partial charge in [-0.1, -0.05) is 44.7 Å². The molecule has 0 aromatic heterocycles. The molecule has 0 fully saturated rings. The molecule has 0 spiro atoms. The molecule has 0 aliphatic carbocycles. The van der Waals surface area contributed by atoms with Crippen LogP contribution in [0.3, 0.4) is 0 Å². The summed E-state index contributed by atoms with van der Waals surface area (Å²) >= 11 is 0. The van der Waals surface area contributed by atoms with Gasteiger partial charge >= 0.3 is 0 Å². The number of carbonyl (C=O) groups excluding carboxylic acids is 1. The molecule has 1 amide bonds. The monoisotopic (exact) mass is 288 g/mol. The van der Waals surface area contributed by atoms with E-state index in [2.05, 4.69) is 18.3 Å². The second kappa shape index (κ2) is 10.9. The maximum absolute atomic E-state index is 11.8. The van der Waals surface area contributed by atoms with Crippen molar-refractivity contribution in [2.24, 2.45) is 0 Å². The van der Waals surface area contributed by atoms with Gasteiger partial charge in [0.2, 0.25) is 5.91 Å². The molecule has 0 bridgehead atoms. The zero-order chi connectivity index (χ0) is 15.3. The van der Waals surface area contributed by atoms with Crippen LogP contribution in [-0.4, -0.2) is 19.1 Å².